The van der Waals surface area contributed by atoms with E-state index in [1.807, 2.05) is 19.1 Å². The molecule has 1 heterocycles. The van der Waals surface area contributed by atoms with Crippen LogP contribution in [0.4, 0.5) is 0 Å². The van der Waals surface area contributed by atoms with Gasteiger partial charge in [-0.15, -0.1) is 0 Å². The van der Waals surface area contributed by atoms with Crippen LogP contribution in [0.1, 0.15) is 18.9 Å². The number of H-pyrrole nitrogens is 1. The van der Waals surface area contributed by atoms with E-state index in [9.17, 15) is 10.1 Å². The highest BCUT2D eigenvalue weighted by Crippen LogP contribution is 2.33. The van der Waals surface area contributed by atoms with E-state index in [1.54, 1.807) is 32.5 Å². The molecule has 0 aliphatic carbocycles. The smallest absolute Gasteiger partial charge is 0.261 e. The average molecular weight is 340 g/mol. The Labute approximate surface area is 146 Å². The summed E-state index contributed by atoms with van der Waals surface area (Å²) in [4.78, 5) is 12.0. The molecule has 0 fully saturated rings. The van der Waals surface area contributed by atoms with Gasteiger partial charge in [-0.2, -0.15) is 10.4 Å². The van der Waals surface area contributed by atoms with Gasteiger partial charge in [0.2, 0.25) is 0 Å². The molecule has 2 aromatic rings. The van der Waals surface area contributed by atoms with Crippen LogP contribution in [0.3, 0.4) is 0 Å². The van der Waals surface area contributed by atoms with Gasteiger partial charge in [0.25, 0.3) is 5.91 Å². The number of benzene rings is 1. The Morgan fingerprint density at radius 2 is 2.12 bits per heavy atom. The zero-order chi connectivity index (χ0) is 18.2. The first-order chi connectivity index (χ1) is 12.1. The van der Waals surface area contributed by atoms with Crippen molar-refractivity contribution in [3.8, 4) is 28.8 Å². The van der Waals surface area contributed by atoms with Crippen LogP contribution in [0.5, 0.6) is 11.5 Å². The molecule has 0 saturated carbocycles. The van der Waals surface area contributed by atoms with Crippen molar-refractivity contribution in [2.24, 2.45) is 0 Å². The second-order valence-corrected chi connectivity index (χ2v) is 5.20. The first kappa shape index (κ1) is 18.1. The number of hydrogen-bond donors (Lipinski definition) is 2. The van der Waals surface area contributed by atoms with Gasteiger partial charge in [0.15, 0.2) is 11.5 Å². The molecule has 0 atom stereocenters. The lowest BCUT2D eigenvalue weighted by atomic mass is 10.1. The van der Waals surface area contributed by atoms with Crippen molar-refractivity contribution in [2.75, 3.05) is 20.8 Å². The summed E-state index contributed by atoms with van der Waals surface area (Å²) in [7, 11) is 3.12. The third-order valence-electron chi connectivity index (χ3n) is 3.54. The van der Waals surface area contributed by atoms with Crippen molar-refractivity contribution in [3.63, 3.8) is 0 Å². The molecule has 1 aromatic heterocycles. The van der Waals surface area contributed by atoms with Crippen LogP contribution < -0.4 is 14.8 Å². The first-order valence-corrected chi connectivity index (χ1v) is 7.80. The minimum atomic E-state index is -0.399. The largest absolute Gasteiger partial charge is 0.493 e. The third kappa shape index (κ3) is 4.18. The number of amides is 1. The molecule has 0 bridgehead atoms. The molecule has 0 unspecified atom stereocenters. The molecular weight excluding hydrogens is 320 g/mol. The predicted molar refractivity (Wildman–Crippen MR) is 94.0 cm³/mol. The minimum Gasteiger partial charge on any atom is -0.493 e. The molecule has 0 aliphatic heterocycles. The maximum absolute atomic E-state index is 12.0. The number of rotatable bonds is 7. The number of carbonyl (C=O) groups is 1. The van der Waals surface area contributed by atoms with Gasteiger partial charge < -0.3 is 14.8 Å². The summed E-state index contributed by atoms with van der Waals surface area (Å²) in [6, 6.07) is 7.35. The van der Waals surface area contributed by atoms with E-state index in [0.29, 0.717) is 29.3 Å². The maximum Gasteiger partial charge on any atom is 0.261 e. The average Bonchev–Trinajstić information content (AvgIpc) is 3.11. The number of carbonyl (C=O) groups excluding carboxylic acids is 1. The quantitative estimate of drug-likeness (QED) is 0.596. The number of aromatic amines is 1. The Morgan fingerprint density at radius 1 is 1.36 bits per heavy atom. The number of methoxy groups -OCH3 is 2. The predicted octanol–water partition coefficient (Wildman–Crippen LogP) is 2.53. The molecule has 0 radical (unpaired) electrons. The lowest BCUT2D eigenvalue weighted by molar-refractivity contribution is -0.117. The number of nitrogens with zero attached hydrogens (tertiary/aromatic N) is 2. The Hall–Kier alpha value is -3.27. The molecule has 2 rings (SSSR count). The maximum atomic E-state index is 12.0. The Kier molecular flexibility index (Phi) is 6.18. The zero-order valence-electron chi connectivity index (χ0n) is 14.4. The topological polar surface area (TPSA) is 100 Å². The van der Waals surface area contributed by atoms with Crippen LogP contribution in [-0.2, 0) is 4.79 Å². The van der Waals surface area contributed by atoms with Gasteiger partial charge in [-0.3, -0.25) is 9.89 Å². The van der Waals surface area contributed by atoms with Crippen molar-refractivity contribution in [1.29, 1.82) is 5.26 Å². The molecule has 0 spiro atoms. The highest BCUT2D eigenvalue weighted by Gasteiger charge is 2.13. The molecule has 7 nitrogen and oxygen atoms in total. The van der Waals surface area contributed by atoms with Gasteiger partial charge in [0.1, 0.15) is 11.6 Å². The Morgan fingerprint density at radius 3 is 2.76 bits per heavy atom. The molecule has 2 N–H and O–H groups in total. The van der Waals surface area contributed by atoms with Crippen molar-refractivity contribution in [3.05, 3.63) is 35.5 Å². The highest BCUT2D eigenvalue weighted by molar-refractivity contribution is 6.02. The first-order valence-electron chi connectivity index (χ1n) is 7.80. The van der Waals surface area contributed by atoms with Crippen molar-refractivity contribution in [1.82, 2.24) is 15.5 Å². The van der Waals surface area contributed by atoms with Crippen LogP contribution in [0.15, 0.2) is 30.0 Å². The van der Waals surface area contributed by atoms with Crippen LogP contribution >= 0.6 is 0 Å². The SMILES string of the molecule is CCCNC(=O)C(C#N)=Cc1cn[nH]c1-c1ccc(OC)c(OC)c1. The fourth-order valence-corrected chi connectivity index (χ4v) is 2.27. The summed E-state index contributed by atoms with van der Waals surface area (Å²) in [5, 5.41) is 18.9. The normalized spacial score (nSPS) is 10.9. The monoisotopic (exact) mass is 340 g/mol. The summed E-state index contributed by atoms with van der Waals surface area (Å²) in [5.74, 6) is 0.786. The highest BCUT2D eigenvalue weighted by atomic mass is 16.5. The number of aromatic nitrogens is 2. The van der Waals surface area contributed by atoms with Crippen molar-refractivity contribution < 1.29 is 14.3 Å². The molecule has 1 amide bonds. The molecule has 0 aliphatic rings. The Bertz CT molecular complexity index is 818. The molecular formula is C18H20N4O3. The van der Waals surface area contributed by atoms with Gasteiger partial charge in [-0.1, -0.05) is 6.92 Å². The third-order valence-corrected chi connectivity index (χ3v) is 3.54. The molecule has 0 saturated heterocycles. The van der Waals surface area contributed by atoms with E-state index in [4.69, 9.17) is 9.47 Å². The summed E-state index contributed by atoms with van der Waals surface area (Å²) in [6.07, 6.45) is 3.88. The van der Waals surface area contributed by atoms with Crippen LogP contribution in [0, 0.1) is 11.3 Å². The van der Waals surface area contributed by atoms with Crippen molar-refractivity contribution >= 4 is 12.0 Å². The number of hydrogen-bond acceptors (Lipinski definition) is 5. The van der Waals surface area contributed by atoms with Gasteiger partial charge >= 0.3 is 0 Å². The van der Waals surface area contributed by atoms with Gasteiger partial charge in [0, 0.05) is 17.7 Å². The number of ether oxygens (including phenoxy) is 2. The van der Waals surface area contributed by atoms with Crippen LogP contribution in [0.25, 0.3) is 17.3 Å². The van der Waals surface area contributed by atoms with E-state index >= 15 is 0 Å². The fourth-order valence-electron chi connectivity index (χ4n) is 2.27. The zero-order valence-corrected chi connectivity index (χ0v) is 14.4. The van der Waals surface area contributed by atoms with E-state index in [2.05, 4.69) is 15.5 Å². The summed E-state index contributed by atoms with van der Waals surface area (Å²) in [6.45, 7) is 2.47. The summed E-state index contributed by atoms with van der Waals surface area (Å²) in [5.41, 5.74) is 2.14. The second kappa shape index (κ2) is 8.55. The van der Waals surface area contributed by atoms with E-state index < -0.39 is 5.91 Å². The van der Waals surface area contributed by atoms with E-state index in [0.717, 1.165) is 12.0 Å². The van der Waals surface area contributed by atoms with Crippen LogP contribution in [-0.4, -0.2) is 36.9 Å². The number of nitriles is 1. The standard InChI is InChI=1S/C18H20N4O3/c1-4-7-20-18(23)13(10-19)8-14-11-21-22-17(14)12-5-6-15(24-2)16(9-12)25-3/h5-6,8-9,11H,4,7H2,1-3H3,(H,20,23)(H,21,22). The van der Waals surface area contributed by atoms with E-state index in [1.165, 1.54) is 6.08 Å². The molecule has 7 heteroatoms. The minimum absolute atomic E-state index is 0.0246. The van der Waals surface area contributed by atoms with Crippen molar-refractivity contribution in [2.45, 2.75) is 13.3 Å². The molecule has 25 heavy (non-hydrogen) atoms. The summed E-state index contributed by atoms with van der Waals surface area (Å²) < 4.78 is 10.5. The van der Waals surface area contributed by atoms with Gasteiger partial charge in [-0.25, -0.2) is 0 Å². The molecule has 130 valence electrons. The van der Waals surface area contributed by atoms with Gasteiger partial charge in [-0.05, 0) is 30.7 Å². The second-order valence-electron chi connectivity index (χ2n) is 5.20. The summed E-state index contributed by atoms with van der Waals surface area (Å²) >= 11 is 0. The fraction of sp³-hybridized carbons (Fsp3) is 0.278. The lowest BCUT2D eigenvalue weighted by Crippen LogP contribution is -2.25. The van der Waals surface area contributed by atoms with Crippen LogP contribution in [0.2, 0.25) is 0 Å². The molecule has 1 aromatic carbocycles. The number of nitrogens with one attached hydrogen (secondary N) is 2. The van der Waals surface area contributed by atoms with E-state index in [-0.39, 0.29) is 5.57 Å². The van der Waals surface area contributed by atoms with Gasteiger partial charge in [0.05, 0.1) is 26.1 Å². The Balaban J connectivity index is 2.39. The lowest BCUT2D eigenvalue weighted by Gasteiger charge is -2.09.